The summed E-state index contributed by atoms with van der Waals surface area (Å²) < 4.78 is 5.73. The molecule has 1 atom stereocenters. The quantitative estimate of drug-likeness (QED) is 0.850. The Morgan fingerprint density at radius 3 is 2.57 bits per heavy atom. The van der Waals surface area contributed by atoms with Gasteiger partial charge in [-0.3, -0.25) is 0 Å². The smallest absolute Gasteiger partial charge is 0.134 e. The number of aryl methyl sites for hydroxylation is 1. The fourth-order valence-electron chi connectivity index (χ4n) is 1.87. The molecule has 2 N–H and O–H groups in total. The molecule has 1 unspecified atom stereocenters. The molecular weight excluding hydrogens is 286 g/mol. The Morgan fingerprint density at radius 1 is 1.19 bits per heavy atom. The molecule has 4 heteroatoms. The van der Waals surface area contributed by atoms with Crippen molar-refractivity contribution < 1.29 is 9.84 Å². The first-order chi connectivity index (χ1) is 10.0. The normalized spacial score (nSPS) is 12.1. The number of nitrogens with one attached hydrogen (secondary N) is 1. The van der Waals surface area contributed by atoms with Gasteiger partial charge in [-0.05, 0) is 43.7 Å². The van der Waals surface area contributed by atoms with Gasteiger partial charge in [-0.2, -0.15) is 0 Å². The molecule has 0 spiro atoms. The van der Waals surface area contributed by atoms with E-state index >= 15 is 0 Å². The molecule has 0 aliphatic heterocycles. The third-order valence-corrected chi connectivity index (χ3v) is 3.49. The average Bonchev–Trinajstić information content (AvgIpc) is 2.48. The summed E-state index contributed by atoms with van der Waals surface area (Å²) in [5.41, 5.74) is 2.25. The van der Waals surface area contributed by atoms with Crippen LogP contribution in [0.1, 0.15) is 18.1 Å². The van der Waals surface area contributed by atoms with E-state index in [-0.39, 0.29) is 11.8 Å². The summed E-state index contributed by atoms with van der Waals surface area (Å²) in [6.45, 7) is 5.39. The predicted octanol–water partition coefficient (Wildman–Crippen LogP) is 3.91. The molecule has 3 nitrogen and oxygen atoms in total. The summed E-state index contributed by atoms with van der Waals surface area (Å²) in [4.78, 5) is 0. The lowest BCUT2D eigenvalue weighted by Crippen LogP contribution is -2.31. The number of rotatable bonds is 6. The summed E-state index contributed by atoms with van der Waals surface area (Å²) in [5.74, 6) is 0.984. The molecule has 0 amide bonds. The lowest BCUT2D eigenvalue weighted by Gasteiger charge is -2.15. The van der Waals surface area contributed by atoms with Gasteiger partial charge in [0.15, 0.2) is 0 Å². The first-order valence-corrected chi connectivity index (χ1v) is 7.32. The molecule has 2 aromatic rings. The highest BCUT2D eigenvalue weighted by Gasteiger charge is 2.05. The molecular formula is C17H20ClNO2. The number of halogens is 1. The molecule has 0 saturated heterocycles. The number of phenols is 1. The van der Waals surface area contributed by atoms with Crippen molar-refractivity contribution in [1.82, 2.24) is 5.32 Å². The van der Waals surface area contributed by atoms with Crippen LogP contribution in [0.15, 0.2) is 42.5 Å². The van der Waals surface area contributed by atoms with Crippen molar-refractivity contribution in [2.75, 3.05) is 6.61 Å². The number of hydrogen-bond acceptors (Lipinski definition) is 3. The minimum Gasteiger partial charge on any atom is -0.506 e. The second-order valence-corrected chi connectivity index (χ2v) is 5.60. The largest absolute Gasteiger partial charge is 0.506 e. The molecule has 0 aliphatic carbocycles. The molecule has 2 rings (SSSR count). The number of benzene rings is 2. The standard InChI is InChI=1S/C17H20ClNO2/c1-12-3-6-15(7-4-12)21-11-13(2)19-10-14-5-8-17(20)16(18)9-14/h3-9,13,19-20H,10-11H2,1-2H3. The number of hydrogen-bond donors (Lipinski definition) is 2. The van der Waals surface area contributed by atoms with Crippen LogP contribution in [-0.4, -0.2) is 17.8 Å². The van der Waals surface area contributed by atoms with Crippen LogP contribution in [0.25, 0.3) is 0 Å². The van der Waals surface area contributed by atoms with Crippen LogP contribution in [-0.2, 0) is 6.54 Å². The zero-order valence-electron chi connectivity index (χ0n) is 12.3. The Balaban J connectivity index is 1.77. The second-order valence-electron chi connectivity index (χ2n) is 5.19. The van der Waals surface area contributed by atoms with E-state index < -0.39 is 0 Å². The highest BCUT2D eigenvalue weighted by atomic mass is 35.5. The van der Waals surface area contributed by atoms with Crippen LogP contribution in [0.5, 0.6) is 11.5 Å². The number of aromatic hydroxyl groups is 1. The fourth-order valence-corrected chi connectivity index (χ4v) is 2.07. The van der Waals surface area contributed by atoms with Crippen LogP contribution in [0.4, 0.5) is 0 Å². The molecule has 0 aliphatic rings. The Kier molecular flexibility index (Phi) is 5.48. The van der Waals surface area contributed by atoms with Gasteiger partial charge in [0.25, 0.3) is 0 Å². The third kappa shape index (κ3) is 4.96. The topological polar surface area (TPSA) is 41.5 Å². The van der Waals surface area contributed by atoms with Crippen LogP contribution in [0, 0.1) is 6.92 Å². The maximum absolute atomic E-state index is 9.38. The SMILES string of the molecule is Cc1ccc(OCC(C)NCc2ccc(O)c(Cl)c2)cc1. The Bertz CT molecular complexity index is 584. The number of ether oxygens (including phenoxy) is 1. The summed E-state index contributed by atoms with van der Waals surface area (Å²) in [6, 6.07) is 13.4. The van der Waals surface area contributed by atoms with Crippen LogP contribution in [0.3, 0.4) is 0 Å². The summed E-state index contributed by atoms with van der Waals surface area (Å²) in [6.07, 6.45) is 0. The molecule has 112 valence electrons. The van der Waals surface area contributed by atoms with E-state index in [1.165, 1.54) is 5.56 Å². The second kappa shape index (κ2) is 7.34. The van der Waals surface area contributed by atoms with Crippen molar-refractivity contribution >= 4 is 11.6 Å². The van der Waals surface area contributed by atoms with Gasteiger partial charge < -0.3 is 15.2 Å². The molecule has 0 heterocycles. The Hall–Kier alpha value is -1.71. The van der Waals surface area contributed by atoms with Crippen LogP contribution < -0.4 is 10.1 Å². The van der Waals surface area contributed by atoms with E-state index in [0.29, 0.717) is 18.2 Å². The predicted molar refractivity (Wildman–Crippen MR) is 86.1 cm³/mol. The van der Waals surface area contributed by atoms with E-state index in [2.05, 4.69) is 19.2 Å². The van der Waals surface area contributed by atoms with Gasteiger partial charge in [-0.25, -0.2) is 0 Å². The maximum atomic E-state index is 9.38. The Morgan fingerprint density at radius 2 is 1.90 bits per heavy atom. The van der Waals surface area contributed by atoms with Crippen molar-refractivity contribution in [2.45, 2.75) is 26.4 Å². The highest BCUT2D eigenvalue weighted by Crippen LogP contribution is 2.23. The molecule has 2 aromatic carbocycles. The van der Waals surface area contributed by atoms with Crippen molar-refractivity contribution in [2.24, 2.45) is 0 Å². The van der Waals surface area contributed by atoms with Crippen LogP contribution in [0.2, 0.25) is 5.02 Å². The number of phenolic OH excluding ortho intramolecular Hbond substituents is 1. The summed E-state index contributed by atoms with van der Waals surface area (Å²) in [7, 11) is 0. The van der Waals surface area contributed by atoms with Crippen molar-refractivity contribution in [1.29, 1.82) is 0 Å². The van der Waals surface area contributed by atoms with Crippen LogP contribution >= 0.6 is 11.6 Å². The van der Waals surface area contributed by atoms with Gasteiger partial charge in [0.1, 0.15) is 18.1 Å². The first kappa shape index (κ1) is 15.7. The minimum atomic E-state index is 0.108. The van der Waals surface area contributed by atoms with Gasteiger partial charge in [0.2, 0.25) is 0 Å². The summed E-state index contributed by atoms with van der Waals surface area (Å²) in [5, 5.41) is 13.1. The lowest BCUT2D eigenvalue weighted by molar-refractivity contribution is 0.272. The molecule has 21 heavy (non-hydrogen) atoms. The maximum Gasteiger partial charge on any atom is 0.134 e. The molecule has 0 radical (unpaired) electrons. The highest BCUT2D eigenvalue weighted by molar-refractivity contribution is 6.32. The molecule has 0 saturated carbocycles. The first-order valence-electron chi connectivity index (χ1n) is 6.95. The van der Waals surface area contributed by atoms with Crippen molar-refractivity contribution in [3.63, 3.8) is 0 Å². The van der Waals surface area contributed by atoms with Crippen molar-refractivity contribution in [3.8, 4) is 11.5 Å². The van der Waals surface area contributed by atoms with Crippen molar-refractivity contribution in [3.05, 3.63) is 58.6 Å². The van der Waals surface area contributed by atoms with E-state index in [9.17, 15) is 5.11 Å². The zero-order valence-corrected chi connectivity index (χ0v) is 13.0. The van der Waals surface area contributed by atoms with E-state index in [1.807, 2.05) is 30.3 Å². The average molecular weight is 306 g/mol. The monoisotopic (exact) mass is 305 g/mol. The van der Waals surface area contributed by atoms with Gasteiger partial charge in [0, 0.05) is 12.6 Å². The third-order valence-electron chi connectivity index (χ3n) is 3.19. The van der Waals surface area contributed by atoms with Gasteiger partial charge in [-0.15, -0.1) is 0 Å². The van der Waals surface area contributed by atoms with E-state index in [4.69, 9.17) is 16.3 Å². The molecule has 0 fully saturated rings. The van der Waals surface area contributed by atoms with Gasteiger partial charge in [-0.1, -0.05) is 35.4 Å². The summed E-state index contributed by atoms with van der Waals surface area (Å²) >= 11 is 5.88. The lowest BCUT2D eigenvalue weighted by atomic mass is 10.2. The fraction of sp³-hybridized carbons (Fsp3) is 0.294. The zero-order chi connectivity index (χ0) is 15.2. The van der Waals surface area contributed by atoms with E-state index in [0.717, 1.165) is 11.3 Å². The van der Waals surface area contributed by atoms with E-state index in [1.54, 1.807) is 12.1 Å². The minimum absolute atomic E-state index is 0.108. The van der Waals surface area contributed by atoms with Gasteiger partial charge in [0.05, 0.1) is 5.02 Å². The molecule has 0 bridgehead atoms. The Labute approximate surface area is 130 Å². The molecule has 0 aromatic heterocycles. The van der Waals surface area contributed by atoms with Gasteiger partial charge >= 0.3 is 0 Å².